The summed E-state index contributed by atoms with van der Waals surface area (Å²) in [6.07, 6.45) is 29.9. The van der Waals surface area contributed by atoms with E-state index in [1.54, 1.807) is 0 Å². The van der Waals surface area contributed by atoms with Crippen molar-refractivity contribution in [2.75, 3.05) is 36.2 Å². The van der Waals surface area contributed by atoms with Crippen LogP contribution in [0.15, 0.2) is 146 Å². The molecule has 0 fully saturated rings. The summed E-state index contributed by atoms with van der Waals surface area (Å²) in [6, 6.07) is 50.5. The molecule has 6 rings (SSSR count). The lowest BCUT2D eigenvalue weighted by molar-refractivity contribution is 0.304. The number of hydrogen-bond acceptors (Lipinski definition) is 7. The molecule has 6 aromatic rings. The monoisotopic (exact) mass is 1020 g/mol. The van der Waals surface area contributed by atoms with Gasteiger partial charge in [0.05, 0.1) is 26.4 Å². The maximum absolute atomic E-state index is 6.53. The normalized spacial score (nSPS) is 11.1. The topological polar surface area (TPSA) is 52.6 Å². The van der Waals surface area contributed by atoms with Gasteiger partial charge in [-0.15, -0.1) is 0 Å². The van der Waals surface area contributed by atoms with Gasteiger partial charge in [-0.1, -0.05) is 156 Å². The second-order valence-corrected chi connectivity index (χ2v) is 20.2. The molecule has 0 unspecified atom stereocenters. The summed E-state index contributed by atoms with van der Waals surface area (Å²) in [5.74, 6) is 5.10. The Kier molecular flexibility index (Phi) is 27.3. The maximum atomic E-state index is 6.53. The van der Waals surface area contributed by atoms with Crippen molar-refractivity contribution in [3.05, 3.63) is 146 Å². The van der Waals surface area contributed by atoms with E-state index in [-0.39, 0.29) is 0 Å². The van der Waals surface area contributed by atoms with Gasteiger partial charge in [-0.25, -0.2) is 0 Å². The Balaban J connectivity index is 1.14. The predicted octanol–water partition coefficient (Wildman–Crippen LogP) is 21.4. The van der Waals surface area contributed by atoms with Crippen molar-refractivity contribution in [3.63, 3.8) is 0 Å². The van der Waals surface area contributed by atoms with E-state index in [1.165, 1.54) is 128 Å². The Hall–Kier alpha value is -6.08. The highest BCUT2D eigenvalue weighted by molar-refractivity contribution is 5.78. The average Bonchev–Trinajstić information content (AvgIpc) is 3.44. The molecule has 0 atom stereocenters. The zero-order valence-electron chi connectivity index (χ0n) is 46.6. The predicted molar refractivity (Wildman–Crippen MR) is 318 cm³/mol. The fourth-order valence-corrected chi connectivity index (χ4v) is 9.41. The van der Waals surface area contributed by atoms with Gasteiger partial charge in [0.25, 0.3) is 0 Å². The second kappa shape index (κ2) is 35.2. The molecule has 0 amide bonds. The second-order valence-electron chi connectivity index (χ2n) is 20.2. The van der Waals surface area contributed by atoms with Crippen molar-refractivity contribution in [1.82, 2.24) is 0 Å². The van der Waals surface area contributed by atoms with Crippen LogP contribution in [0.4, 0.5) is 34.1 Å². The van der Waals surface area contributed by atoms with Crippen LogP contribution in [0.5, 0.6) is 34.5 Å². The summed E-state index contributed by atoms with van der Waals surface area (Å²) in [5.41, 5.74) is 6.22. The molecule has 7 nitrogen and oxygen atoms in total. The fraction of sp³-hybridized carbons (Fsp3) is 0.471. The first kappa shape index (κ1) is 58.2. The summed E-state index contributed by atoms with van der Waals surface area (Å²) in [6.45, 7) is 12.0. The largest absolute Gasteiger partial charge is 0.494 e. The molecule has 0 N–H and O–H groups in total. The van der Waals surface area contributed by atoms with Crippen LogP contribution in [0.2, 0.25) is 0 Å². The number of benzene rings is 6. The van der Waals surface area contributed by atoms with E-state index in [2.05, 4.69) is 159 Å². The van der Waals surface area contributed by atoms with Crippen LogP contribution in [-0.2, 0) is 0 Å². The van der Waals surface area contributed by atoms with Crippen LogP contribution in [-0.4, -0.2) is 26.4 Å². The number of unbranched alkanes of at least 4 members (excludes halogenated alkanes) is 20. The van der Waals surface area contributed by atoms with Gasteiger partial charge < -0.3 is 33.5 Å². The standard InChI is InChI=1S/C68H92N2O5/c1-5-9-13-17-21-25-53-71-63-41-29-57(30-42-63)69(58-31-43-64(44-32-58)72-54-26-22-18-14-10-6-2)61-37-49-67(50-38-61)75-68-51-39-62(40-52-68)70(59-33-45-65(46-34-59)73-55-27-23-19-15-11-7-3)60-35-47-66(48-36-60)74-56-28-24-20-16-12-8-4/h29-52H,5-28,53-56H2,1-4H3. The number of nitrogens with zero attached hydrogens (tertiary/aromatic N) is 2. The highest BCUT2D eigenvalue weighted by Crippen LogP contribution is 2.40. The molecule has 0 radical (unpaired) electrons. The van der Waals surface area contributed by atoms with Gasteiger partial charge in [0.15, 0.2) is 0 Å². The molecule has 6 aromatic carbocycles. The SMILES string of the molecule is CCCCCCCCOc1ccc(N(c2ccc(OCCCCCCCC)cc2)c2ccc(Oc3ccc(N(c4ccc(OCCCCCCCC)cc4)c4ccc(OCCCCCCCC)cc4)cc3)cc2)cc1. The van der Waals surface area contributed by atoms with Gasteiger partial charge in [0.2, 0.25) is 0 Å². The van der Waals surface area contributed by atoms with Crippen molar-refractivity contribution >= 4 is 34.1 Å². The Bertz CT molecular complexity index is 2060. The number of hydrogen-bond donors (Lipinski definition) is 0. The van der Waals surface area contributed by atoms with Gasteiger partial charge in [0, 0.05) is 34.1 Å². The van der Waals surface area contributed by atoms with E-state index >= 15 is 0 Å². The van der Waals surface area contributed by atoms with E-state index in [0.29, 0.717) is 0 Å². The number of ether oxygens (including phenoxy) is 5. The van der Waals surface area contributed by atoms with Crippen LogP contribution < -0.4 is 33.5 Å². The molecule has 0 aromatic heterocycles. The van der Waals surface area contributed by atoms with E-state index < -0.39 is 0 Å². The van der Waals surface area contributed by atoms with Crippen LogP contribution >= 0.6 is 0 Å². The molecule has 0 heterocycles. The smallest absolute Gasteiger partial charge is 0.127 e. The third-order valence-electron chi connectivity index (χ3n) is 13.9. The fourth-order valence-electron chi connectivity index (χ4n) is 9.41. The minimum atomic E-state index is 0.740. The number of rotatable bonds is 40. The average molecular weight is 1020 g/mol. The van der Waals surface area contributed by atoms with E-state index in [0.717, 1.165) is 121 Å². The summed E-state index contributed by atoms with van der Waals surface area (Å²) >= 11 is 0. The molecule has 0 saturated heterocycles. The molecule has 0 spiro atoms. The Labute approximate surface area is 453 Å². The molecule has 0 aliphatic carbocycles. The van der Waals surface area contributed by atoms with Crippen LogP contribution in [0.25, 0.3) is 0 Å². The molecule has 0 aliphatic heterocycles. The van der Waals surface area contributed by atoms with Crippen molar-refractivity contribution in [2.45, 2.75) is 182 Å². The number of anilines is 6. The van der Waals surface area contributed by atoms with Gasteiger partial charge in [-0.05, 0) is 171 Å². The van der Waals surface area contributed by atoms with Crippen LogP contribution in [0, 0.1) is 0 Å². The van der Waals surface area contributed by atoms with Crippen LogP contribution in [0.3, 0.4) is 0 Å². The highest BCUT2D eigenvalue weighted by atomic mass is 16.5. The minimum absolute atomic E-state index is 0.740. The molecule has 0 saturated carbocycles. The molecule has 404 valence electrons. The zero-order chi connectivity index (χ0) is 52.4. The molecule has 0 aliphatic rings. The third kappa shape index (κ3) is 21.2. The van der Waals surface area contributed by atoms with Crippen molar-refractivity contribution in [1.29, 1.82) is 0 Å². The van der Waals surface area contributed by atoms with Gasteiger partial charge >= 0.3 is 0 Å². The lowest BCUT2D eigenvalue weighted by Gasteiger charge is -2.26. The lowest BCUT2D eigenvalue weighted by Crippen LogP contribution is -2.10. The Morgan fingerprint density at radius 1 is 0.213 bits per heavy atom. The molecular weight excluding hydrogens is 925 g/mol. The van der Waals surface area contributed by atoms with E-state index in [1.807, 2.05) is 24.3 Å². The summed E-state index contributed by atoms with van der Waals surface area (Å²) in [5, 5.41) is 0. The van der Waals surface area contributed by atoms with Crippen molar-refractivity contribution < 1.29 is 23.7 Å². The van der Waals surface area contributed by atoms with Gasteiger partial charge in [-0.2, -0.15) is 0 Å². The van der Waals surface area contributed by atoms with Crippen molar-refractivity contribution in [3.8, 4) is 34.5 Å². The van der Waals surface area contributed by atoms with Crippen LogP contribution in [0.1, 0.15) is 182 Å². The first-order valence-corrected chi connectivity index (χ1v) is 29.5. The highest BCUT2D eigenvalue weighted by Gasteiger charge is 2.16. The summed E-state index contributed by atoms with van der Waals surface area (Å²) in [4.78, 5) is 4.54. The van der Waals surface area contributed by atoms with E-state index in [9.17, 15) is 0 Å². The maximum Gasteiger partial charge on any atom is 0.127 e. The first-order valence-electron chi connectivity index (χ1n) is 29.5. The lowest BCUT2D eigenvalue weighted by atomic mass is 10.1. The van der Waals surface area contributed by atoms with E-state index in [4.69, 9.17) is 23.7 Å². The third-order valence-corrected chi connectivity index (χ3v) is 13.9. The molecule has 7 heteroatoms. The van der Waals surface area contributed by atoms with Gasteiger partial charge in [-0.3, -0.25) is 0 Å². The first-order chi connectivity index (χ1) is 37.1. The Morgan fingerprint density at radius 2 is 0.387 bits per heavy atom. The summed E-state index contributed by atoms with van der Waals surface area (Å²) in [7, 11) is 0. The summed E-state index contributed by atoms with van der Waals surface area (Å²) < 4.78 is 31.3. The molecule has 75 heavy (non-hydrogen) atoms. The quantitative estimate of drug-likeness (QED) is 0.0356. The molecule has 0 bridgehead atoms. The van der Waals surface area contributed by atoms with Gasteiger partial charge in [0.1, 0.15) is 34.5 Å². The Morgan fingerprint density at radius 3 is 0.587 bits per heavy atom. The van der Waals surface area contributed by atoms with Crippen molar-refractivity contribution in [2.24, 2.45) is 0 Å². The zero-order valence-corrected chi connectivity index (χ0v) is 46.6. The molecular formula is C68H92N2O5. The minimum Gasteiger partial charge on any atom is -0.494 e.